The predicted octanol–water partition coefficient (Wildman–Crippen LogP) is 3.67. The fourth-order valence-electron chi connectivity index (χ4n) is 3.71. The number of para-hydroxylation sites is 1. The average Bonchev–Trinajstić information content (AvgIpc) is 3.31. The van der Waals surface area contributed by atoms with Gasteiger partial charge in [-0.15, -0.1) is 24.0 Å². The van der Waals surface area contributed by atoms with E-state index >= 15 is 0 Å². The van der Waals surface area contributed by atoms with Gasteiger partial charge in [0.1, 0.15) is 5.75 Å². The highest BCUT2D eigenvalue weighted by Crippen LogP contribution is 2.26. The van der Waals surface area contributed by atoms with E-state index in [0.29, 0.717) is 12.0 Å². The third kappa shape index (κ3) is 6.01. The summed E-state index contributed by atoms with van der Waals surface area (Å²) >= 11 is 0. The molecule has 1 N–H and O–H groups in total. The first-order valence-electron chi connectivity index (χ1n) is 9.50. The lowest BCUT2D eigenvalue weighted by Gasteiger charge is -2.25. The second-order valence-electron chi connectivity index (χ2n) is 7.14. The van der Waals surface area contributed by atoms with E-state index in [2.05, 4.69) is 46.5 Å². The molecule has 1 atom stereocenters. The summed E-state index contributed by atoms with van der Waals surface area (Å²) in [5, 5.41) is 3.48. The van der Waals surface area contributed by atoms with Crippen LogP contribution in [-0.2, 0) is 11.3 Å². The number of hydrogen-bond donors (Lipinski definition) is 1. The van der Waals surface area contributed by atoms with Gasteiger partial charge < -0.3 is 19.7 Å². The number of hydrogen-bond acceptors (Lipinski definition) is 3. The number of halogens is 1. The molecule has 1 heterocycles. The Morgan fingerprint density at radius 2 is 2.04 bits per heavy atom. The van der Waals surface area contributed by atoms with Gasteiger partial charge >= 0.3 is 0 Å². The molecule has 0 amide bonds. The summed E-state index contributed by atoms with van der Waals surface area (Å²) in [6.07, 6.45) is 6.44. The van der Waals surface area contributed by atoms with Gasteiger partial charge in [0.05, 0.1) is 12.7 Å². The van der Waals surface area contributed by atoms with Gasteiger partial charge in [-0.05, 0) is 38.2 Å². The molecular formula is C20H32IN3O2. The van der Waals surface area contributed by atoms with Gasteiger partial charge in [0.15, 0.2) is 5.96 Å². The van der Waals surface area contributed by atoms with E-state index in [4.69, 9.17) is 9.47 Å². The molecule has 3 rings (SSSR count). The van der Waals surface area contributed by atoms with Crippen LogP contribution >= 0.6 is 24.0 Å². The summed E-state index contributed by atoms with van der Waals surface area (Å²) in [5.41, 5.74) is 1.19. The van der Waals surface area contributed by atoms with Crippen LogP contribution in [0.15, 0.2) is 29.3 Å². The molecule has 1 aliphatic carbocycles. The molecule has 6 heteroatoms. The third-order valence-electron chi connectivity index (χ3n) is 5.13. The summed E-state index contributed by atoms with van der Waals surface area (Å²) < 4.78 is 11.7. The zero-order valence-electron chi connectivity index (χ0n) is 15.9. The number of nitrogens with zero attached hydrogens (tertiary/aromatic N) is 2. The van der Waals surface area contributed by atoms with Gasteiger partial charge in [-0.2, -0.15) is 0 Å². The molecule has 0 aromatic heterocycles. The topological polar surface area (TPSA) is 46.1 Å². The van der Waals surface area contributed by atoms with Gasteiger partial charge in [-0.1, -0.05) is 18.2 Å². The Morgan fingerprint density at radius 1 is 1.27 bits per heavy atom. The summed E-state index contributed by atoms with van der Waals surface area (Å²) in [5.74, 6) is 2.52. The number of benzene rings is 1. The van der Waals surface area contributed by atoms with Crippen LogP contribution in [-0.4, -0.2) is 50.8 Å². The van der Waals surface area contributed by atoms with E-state index in [-0.39, 0.29) is 24.0 Å². The predicted molar refractivity (Wildman–Crippen MR) is 116 cm³/mol. The van der Waals surface area contributed by atoms with Crippen LogP contribution in [0.25, 0.3) is 0 Å². The Balaban J connectivity index is 0.00000243. The Hall–Kier alpha value is -1.02. The molecule has 1 aromatic rings. The van der Waals surface area contributed by atoms with Crippen LogP contribution in [0.2, 0.25) is 0 Å². The minimum atomic E-state index is 0. The minimum absolute atomic E-state index is 0. The van der Waals surface area contributed by atoms with E-state index < -0.39 is 0 Å². The zero-order valence-corrected chi connectivity index (χ0v) is 18.3. The fourth-order valence-corrected chi connectivity index (χ4v) is 3.71. The summed E-state index contributed by atoms with van der Waals surface area (Å²) in [6, 6.07) is 8.34. The molecule has 0 spiro atoms. The molecule has 146 valence electrons. The van der Waals surface area contributed by atoms with Crippen LogP contribution in [0.3, 0.4) is 0 Å². The van der Waals surface area contributed by atoms with Crippen LogP contribution in [0.5, 0.6) is 5.75 Å². The van der Waals surface area contributed by atoms with Crippen molar-refractivity contribution in [3.63, 3.8) is 0 Å². The normalized spacial score (nSPS) is 20.7. The molecule has 2 aliphatic rings. The zero-order chi connectivity index (χ0) is 17.5. The van der Waals surface area contributed by atoms with Crippen molar-refractivity contribution in [2.75, 3.05) is 33.9 Å². The number of aliphatic imine (C=N–C) groups is 1. The van der Waals surface area contributed by atoms with Crippen LogP contribution in [0.1, 0.15) is 37.7 Å². The van der Waals surface area contributed by atoms with E-state index in [1.54, 1.807) is 0 Å². The van der Waals surface area contributed by atoms with Gasteiger partial charge in [0, 0.05) is 45.3 Å². The van der Waals surface area contributed by atoms with Crippen molar-refractivity contribution < 1.29 is 9.47 Å². The highest BCUT2D eigenvalue weighted by atomic mass is 127. The third-order valence-corrected chi connectivity index (χ3v) is 5.13. The SMILES string of the molecule is CN=C(NCc1ccccc1OC1CCCC1)N(C)CC1CCOC1.I. The van der Waals surface area contributed by atoms with Crippen LogP contribution in [0, 0.1) is 5.92 Å². The first kappa shape index (κ1) is 21.3. The molecule has 1 aliphatic heterocycles. The Kier molecular flexibility index (Phi) is 8.98. The minimum Gasteiger partial charge on any atom is -0.490 e. The molecule has 0 radical (unpaired) electrons. The van der Waals surface area contributed by atoms with E-state index in [1.807, 2.05) is 7.05 Å². The highest BCUT2D eigenvalue weighted by Gasteiger charge is 2.20. The van der Waals surface area contributed by atoms with Crippen LogP contribution < -0.4 is 10.1 Å². The Morgan fingerprint density at radius 3 is 2.73 bits per heavy atom. The van der Waals surface area contributed by atoms with Gasteiger partial charge in [0.25, 0.3) is 0 Å². The maximum Gasteiger partial charge on any atom is 0.193 e. The number of rotatable bonds is 6. The fraction of sp³-hybridized carbons (Fsp3) is 0.650. The van der Waals surface area contributed by atoms with Crippen molar-refractivity contribution in [2.24, 2.45) is 10.9 Å². The quantitative estimate of drug-likeness (QED) is 0.389. The van der Waals surface area contributed by atoms with Crippen molar-refractivity contribution in [1.82, 2.24) is 10.2 Å². The van der Waals surface area contributed by atoms with E-state index in [0.717, 1.165) is 44.4 Å². The maximum atomic E-state index is 6.23. The summed E-state index contributed by atoms with van der Waals surface area (Å²) in [4.78, 5) is 6.62. The Bertz CT molecular complexity index is 570. The second-order valence-corrected chi connectivity index (χ2v) is 7.14. The average molecular weight is 473 g/mol. The molecular weight excluding hydrogens is 441 g/mol. The summed E-state index contributed by atoms with van der Waals surface area (Å²) in [6.45, 7) is 3.44. The number of nitrogens with one attached hydrogen (secondary N) is 1. The van der Waals surface area contributed by atoms with Crippen molar-refractivity contribution in [2.45, 2.75) is 44.8 Å². The second kappa shape index (κ2) is 11.0. The maximum absolute atomic E-state index is 6.23. The summed E-state index contributed by atoms with van der Waals surface area (Å²) in [7, 11) is 3.93. The Labute approximate surface area is 174 Å². The van der Waals surface area contributed by atoms with E-state index in [1.165, 1.54) is 31.2 Å². The molecule has 1 unspecified atom stereocenters. The lowest BCUT2D eigenvalue weighted by Crippen LogP contribution is -2.41. The van der Waals surface area contributed by atoms with Crippen molar-refractivity contribution in [3.05, 3.63) is 29.8 Å². The first-order chi connectivity index (χ1) is 12.3. The molecule has 1 saturated heterocycles. The lowest BCUT2D eigenvalue weighted by atomic mass is 10.1. The largest absolute Gasteiger partial charge is 0.490 e. The molecule has 2 fully saturated rings. The smallest absolute Gasteiger partial charge is 0.193 e. The number of ether oxygens (including phenoxy) is 2. The number of guanidine groups is 1. The molecule has 1 saturated carbocycles. The van der Waals surface area contributed by atoms with Crippen molar-refractivity contribution >= 4 is 29.9 Å². The van der Waals surface area contributed by atoms with Gasteiger partial charge in [-0.3, -0.25) is 4.99 Å². The molecule has 0 bridgehead atoms. The van der Waals surface area contributed by atoms with Crippen molar-refractivity contribution in [3.8, 4) is 5.75 Å². The molecule has 5 nitrogen and oxygen atoms in total. The lowest BCUT2D eigenvalue weighted by molar-refractivity contribution is 0.181. The van der Waals surface area contributed by atoms with Crippen LogP contribution in [0.4, 0.5) is 0 Å². The highest BCUT2D eigenvalue weighted by molar-refractivity contribution is 14.0. The van der Waals surface area contributed by atoms with Gasteiger partial charge in [-0.25, -0.2) is 0 Å². The molecule has 26 heavy (non-hydrogen) atoms. The first-order valence-corrected chi connectivity index (χ1v) is 9.50. The van der Waals surface area contributed by atoms with Crippen molar-refractivity contribution in [1.29, 1.82) is 0 Å². The van der Waals surface area contributed by atoms with E-state index in [9.17, 15) is 0 Å². The monoisotopic (exact) mass is 473 g/mol. The van der Waals surface area contributed by atoms with Gasteiger partial charge in [0.2, 0.25) is 0 Å². The molecule has 1 aromatic carbocycles. The standard InChI is InChI=1S/C20H31N3O2.HI/c1-21-20(23(2)14-16-11-12-24-15-16)22-13-17-7-3-6-10-19(17)25-18-8-4-5-9-18;/h3,6-7,10,16,18H,4-5,8-9,11-15H2,1-2H3,(H,21,22);1H.